The van der Waals surface area contributed by atoms with Crippen molar-refractivity contribution in [2.75, 3.05) is 32.7 Å². The highest BCUT2D eigenvalue weighted by Crippen LogP contribution is 2.19. The number of amides is 1. The second kappa shape index (κ2) is 7.29. The topological polar surface area (TPSA) is 36.4 Å². The Morgan fingerprint density at radius 3 is 2.74 bits per heavy atom. The van der Waals surface area contributed by atoms with Crippen molar-refractivity contribution in [3.8, 4) is 0 Å². The molecule has 1 fully saturated rings. The highest BCUT2D eigenvalue weighted by molar-refractivity contribution is 5.79. The van der Waals surface area contributed by atoms with Crippen LogP contribution in [0.1, 0.15) is 18.2 Å². The van der Waals surface area contributed by atoms with E-state index in [2.05, 4.69) is 4.98 Å². The Morgan fingerprint density at radius 2 is 2.09 bits per heavy atom. The lowest BCUT2D eigenvalue weighted by Crippen LogP contribution is -2.39. The molecule has 2 rings (SSSR count). The molecule has 0 aromatic carbocycles. The predicted octanol–water partition coefficient (Wildman–Crippen LogP) is 2.28. The zero-order chi connectivity index (χ0) is 17.0. The van der Waals surface area contributed by atoms with Gasteiger partial charge in [0.1, 0.15) is 0 Å². The van der Waals surface area contributed by atoms with E-state index in [4.69, 9.17) is 0 Å². The Morgan fingerprint density at radius 1 is 1.35 bits per heavy atom. The van der Waals surface area contributed by atoms with Crippen LogP contribution >= 0.6 is 0 Å². The summed E-state index contributed by atoms with van der Waals surface area (Å²) in [6.07, 6.45) is -2.29. The van der Waals surface area contributed by atoms with Gasteiger partial charge >= 0.3 is 6.18 Å². The predicted molar refractivity (Wildman–Crippen MR) is 80.9 cm³/mol. The van der Waals surface area contributed by atoms with Crippen LogP contribution < -0.4 is 0 Å². The largest absolute Gasteiger partial charge is 0.401 e. The molecule has 23 heavy (non-hydrogen) atoms. The molecule has 0 bridgehead atoms. The van der Waals surface area contributed by atoms with Crippen LogP contribution in [0.3, 0.4) is 0 Å². The molecular weight excluding hydrogens is 307 g/mol. The minimum absolute atomic E-state index is 0.0128. The Bertz CT molecular complexity index is 548. The lowest BCUT2D eigenvalue weighted by molar-refractivity contribution is -0.146. The first-order valence-corrected chi connectivity index (χ1v) is 7.72. The standard InChI is InChI=1S/C16H22F3N3O/c1-12-9-21(11-16(17,18)19)6-7-22(10-12)15(23)8-14-4-3-5-20-13(14)2/h3-5,12H,6-11H2,1-2H3. The lowest BCUT2D eigenvalue weighted by atomic mass is 10.1. The Balaban J connectivity index is 1.98. The van der Waals surface area contributed by atoms with Crippen molar-refractivity contribution in [1.82, 2.24) is 14.8 Å². The van der Waals surface area contributed by atoms with E-state index < -0.39 is 12.7 Å². The summed E-state index contributed by atoms with van der Waals surface area (Å²) in [4.78, 5) is 19.7. The van der Waals surface area contributed by atoms with E-state index in [1.54, 1.807) is 17.2 Å². The van der Waals surface area contributed by atoms with Gasteiger partial charge in [0.2, 0.25) is 5.91 Å². The van der Waals surface area contributed by atoms with Crippen LogP contribution in [0.25, 0.3) is 0 Å². The fourth-order valence-electron chi connectivity index (χ4n) is 2.92. The van der Waals surface area contributed by atoms with Gasteiger partial charge in [-0.2, -0.15) is 13.2 Å². The lowest BCUT2D eigenvalue weighted by Gasteiger charge is -2.23. The van der Waals surface area contributed by atoms with Crippen molar-refractivity contribution in [3.63, 3.8) is 0 Å². The summed E-state index contributed by atoms with van der Waals surface area (Å²) >= 11 is 0. The summed E-state index contributed by atoms with van der Waals surface area (Å²) in [5.74, 6) is -0.0411. The minimum Gasteiger partial charge on any atom is -0.341 e. The molecule has 0 saturated carbocycles. The molecule has 1 aromatic rings. The van der Waals surface area contributed by atoms with Gasteiger partial charge in [0.05, 0.1) is 13.0 Å². The summed E-state index contributed by atoms with van der Waals surface area (Å²) in [5.41, 5.74) is 1.67. The second-order valence-corrected chi connectivity index (χ2v) is 6.22. The molecular formula is C16H22F3N3O. The molecule has 1 aliphatic heterocycles. The zero-order valence-corrected chi connectivity index (χ0v) is 13.4. The van der Waals surface area contributed by atoms with Gasteiger partial charge in [-0.1, -0.05) is 13.0 Å². The van der Waals surface area contributed by atoms with Crippen molar-refractivity contribution in [2.45, 2.75) is 26.4 Å². The van der Waals surface area contributed by atoms with Gasteiger partial charge in [-0.25, -0.2) is 0 Å². The van der Waals surface area contributed by atoms with Crippen molar-refractivity contribution in [1.29, 1.82) is 0 Å². The number of hydrogen-bond acceptors (Lipinski definition) is 3. The summed E-state index contributed by atoms with van der Waals surface area (Å²) in [5, 5.41) is 0. The number of hydrogen-bond donors (Lipinski definition) is 0. The Labute approximate surface area is 134 Å². The smallest absolute Gasteiger partial charge is 0.341 e. The van der Waals surface area contributed by atoms with E-state index in [0.29, 0.717) is 19.6 Å². The van der Waals surface area contributed by atoms with E-state index >= 15 is 0 Å². The first kappa shape index (κ1) is 17.7. The van der Waals surface area contributed by atoms with Gasteiger partial charge in [0.25, 0.3) is 0 Å². The molecule has 1 amide bonds. The first-order valence-electron chi connectivity index (χ1n) is 7.72. The molecule has 7 heteroatoms. The van der Waals surface area contributed by atoms with E-state index in [9.17, 15) is 18.0 Å². The first-order chi connectivity index (χ1) is 10.7. The highest BCUT2D eigenvalue weighted by atomic mass is 19.4. The third kappa shape index (κ3) is 5.49. The molecule has 128 valence electrons. The van der Waals surface area contributed by atoms with Crippen LogP contribution in [0.4, 0.5) is 13.2 Å². The number of halogens is 3. The molecule has 1 aromatic heterocycles. The number of aryl methyl sites for hydroxylation is 1. The maximum absolute atomic E-state index is 12.6. The number of nitrogens with zero attached hydrogens (tertiary/aromatic N) is 3. The number of carbonyl (C=O) groups is 1. The van der Waals surface area contributed by atoms with E-state index in [0.717, 1.165) is 11.3 Å². The van der Waals surface area contributed by atoms with Crippen molar-refractivity contribution >= 4 is 5.91 Å². The molecule has 1 saturated heterocycles. The average molecular weight is 329 g/mol. The van der Waals surface area contributed by atoms with E-state index in [1.165, 1.54) is 4.90 Å². The van der Waals surface area contributed by atoms with Crippen LogP contribution in [-0.4, -0.2) is 59.6 Å². The van der Waals surface area contributed by atoms with Crippen LogP contribution in [0.2, 0.25) is 0 Å². The summed E-state index contributed by atoms with van der Waals surface area (Å²) in [6, 6.07) is 3.64. The average Bonchev–Trinajstić information content (AvgIpc) is 2.61. The quantitative estimate of drug-likeness (QED) is 0.854. The van der Waals surface area contributed by atoms with Crippen molar-refractivity contribution in [3.05, 3.63) is 29.6 Å². The summed E-state index contributed by atoms with van der Waals surface area (Å²) in [7, 11) is 0. The number of pyridine rings is 1. The normalized spacial score (nSPS) is 20.4. The van der Waals surface area contributed by atoms with Crippen molar-refractivity contribution < 1.29 is 18.0 Å². The molecule has 1 unspecified atom stereocenters. The van der Waals surface area contributed by atoms with Crippen LogP contribution in [0, 0.1) is 12.8 Å². The third-order valence-electron chi connectivity index (χ3n) is 4.00. The summed E-state index contributed by atoms with van der Waals surface area (Å²) in [6.45, 7) is 4.24. The maximum atomic E-state index is 12.6. The van der Waals surface area contributed by atoms with Gasteiger partial charge in [-0.15, -0.1) is 0 Å². The monoisotopic (exact) mass is 329 g/mol. The number of carbonyl (C=O) groups excluding carboxylic acids is 1. The number of aromatic nitrogens is 1. The third-order valence-corrected chi connectivity index (χ3v) is 4.00. The van der Waals surface area contributed by atoms with Gasteiger partial charge in [-0.05, 0) is 24.5 Å². The van der Waals surface area contributed by atoms with Crippen LogP contribution in [-0.2, 0) is 11.2 Å². The molecule has 0 N–H and O–H groups in total. The fourth-order valence-corrected chi connectivity index (χ4v) is 2.92. The van der Waals surface area contributed by atoms with E-state index in [-0.39, 0.29) is 24.8 Å². The van der Waals surface area contributed by atoms with E-state index in [1.807, 2.05) is 19.9 Å². The molecule has 1 aliphatic rings. The van der Waals surface area contributed by atoms with Gasteiger partial charge in [0, 0.05) is 38.1 Å². The van der Waals surface area contributed by atoms with Gasteiger partial charge in [-0.3, -0.25) is 14.7 Å². The molecule has 0 radical (unpaired) electrons. The minimum atomic E-state index is -4.20. The van der Waals surface area contributed by atoms with Gasteiger partial charge in [0.15, 0.2) is 0 Å². The molecule has 0 spiro atoms. The zero-order valence-electron chi connectivity index (χ0n) is 13.4. The van der Waals surface area contributed by atoms with Crippen molar-refractivity contribution in [2.24, 2.45) is 5.92 Å². The molecule has 0 aliphatic carbocycles. The number of alkyl halides is 3. The SMILES string of the molecule is Cc1ncccc1CC(=O)N1CCN(CC(F)(F)F)CC(C)C1. The Kier molecular flexibility index (Phi) is 5.62. The summed E-state index contributed by atoms with van der Waals surface area (Å²) < 4.78 is 37.7. The second-order valence-electron chi connectivity index (χ2n) is 6.22. The van der Waals surface area contributed by atoms with Crippen LogP contribution in [0.5, 0.6) is 0 Å². The van der Waals surface area contributed by atoms with Gasteiger partial charge < -0.3 is 4.90 Å². The number of rotatable bonds is 3. The fraction of sp³-hybridized carbons (Fsp3) is 0.625. The maximum Gasteiger partial charge on any atom is 0.401 e. The highest BCUT2D eigenvalue weighted by Gasteiger charge is 2.33. The Hall–Kier alpha value is -1.63. The molecule has 2 heterocycles. The molecule has 4 nitrogen and oxygen atoms in total. The molecule has 1 atom stereocenters. The van der Waals surface area contributed by atoms with Crippen LogP contribution in [0.15, 0.2) is 18.3 Å².